The molecule has 0 amide bonds. The Bertz CT molecular complexity index is 169. The normalized spacial score (nSPS) is 23.6. The second-order valence-electron chi connectivity index (χ2n) is 5.13. The topological polar surface area (TPSA) is 38.7 Å². The van der Waals surface area contributed by atoms with Crippen molar-refractivity contribution in [2.45, 2.75) is 51.4 Å². The van der Waals surface area contributed by atoms with Gasteiger partial charge >= 0.3 is 8.60 Å². The summed E-state index contributed by atoms with van der Waals surface area (Å²) in [6.07, 6.45) is 10.3. The van der Waals surface area contributed by atoms with Crippen molar-refractivity contribution in [3.05, 3.63) is 0 Å². The van der Waals surface area contributed by atoms with Crippen molar-refractivity contribution < 1.29 is 13.9 Å². The van der Waals surface area contributed by atoms with Crippen LogP contribution in [0.2, 0.25) is 0 Å². The number of hydrogen-bond acceptors (Lipinski definition) is 3. The van der Waals surface area contributed by atoms with Crippen molar-refractivity contribution in [1.82, 2.24) is 0 Å². The van der Waals surface area contributed by atoms with E-state index < -0.39 is 8.60 Å². The molecule has 0 saturated heterocycles. The summed E-state index contributed by atoms with van der Waals surface area (Å²) in [5, 5.41) is 0. The Hall–Kier alpha value is 0.310. The molecule has 2 rings (SSSR count). The van der Waals surface area contributed by atoms with Crippen molar-refractivity contribution in [3.63, 3.8) is 0 Å². The average Bonchev–Trinajstić information content (AvgIpc) is 2.96. The number of rotatable bonds is 6. The van der Waals surface area contributed by atoms with E-state index in [0.29, 0.717) is 25.0 Å². The van der Waals surface area contributed by atoms with Gasteiger partial charge in [-0.3, -0.25) is 0 Å². The molecule has 0 aromatic carbocycles. The minimum atomic E-state index is -1.61. The van der Waals surface area contributed by atoms with Gasteiger partial charge in [-0.05, 0) is 37.5 Å². The van der Waals surface area contributed by atoms with E-state index in [1.165, 1.54) is 51.4 Å². The zero-order valence-corrected chi connectivity index (χ0v) is 10.8. The monoisotopic (exact) mass is 246 g/mol. The van der Waals surface area contributed by atoms with Crippen LogP contribution in [0.25, 0.3) is 0 Å². The second-order valence-corrected chi connectivity index (χ2v) is 6.12. The summed E-state index contributed by atoms with van der Waals surface area (Å²) >= 11 is 0. The molecule has 0 aliphatic heterocycles. The van der Waals surface area contributed by atoms with Gasteiger partial charge in [0.25, 0.3) is 0 Å². The predicted octanol–water partition coefficient (Wildman–Crippen LogP) is 3.62. The van der Waals surface area contributed by atoms with E-state index >= 15 is 0 Å². The fraction of sp³-hybridized carbons (Fsp3) is 1.00. The first-order valence-electron chi connectivity index (χ1n) is 6.59. The molecule has 0 radical (unpaired) electrons. The molecule has 2 saturated carbocycles. The molecule has 1 N–H and O–H groups in total. The highest BCUT2D eigenvalue weighted by atomic mass is 31.2. The third-order valence-electron chi connectivity index (χ3n) is 3.79. The van der Waals surface area contributed by atoms with Crippen LogP contribution in [0.15, 0.2) is 0 Å². The summed E-state index contributed by atoms with van der Waals surface area (Å²) in [5.74, 6) is 1.32. The standard InChI is InChI=1S/C12H23O3P/c13-16(14-9-11-5-1-2-6-11)15-10-12-7-3-4-8-12/h11-13H,1-10H2. The van der Waals surface area contributed by atoms with Crippen LogP contribution < -0.4 is 0 Å². The van der Waals surface area contributed by atoms with Gasteiger partial charge in [0.2, 0.25) is 0 Å². The Balaban J connectivity index is 1.51. The van der Waals surface area contributed by atoms with E-state index in [0.717, 1.165) is 0 Å². The van der Waals surface area contributed by atoms with Crippen molar-refractivity contribution in [1.29, 1.82) is 0 Å². The summed E-state index contributed by atoms with van der Waals surface area (Å²) in [6, 6.07) is 0. The maximum atomic E-state index is 9.59. The molecule has 2 fully saturated rings. The van der Waals surface area contributed by atoms with Gasteiger partial charge in [0.15, 0.2) is 0 Å². The first-order chi connectivity index (χ1) is 7.84. The third kappa shape index (κ3) is 4.29. The van der Waals surface area contributed by atoms with E-state index in [2.05, 4.69) is 0 Å². The van der Waals surface area contributed by atoms with Crippen molar-refractivity contribution in [2.75, 3.05) is 13.2 Å². The second kappa shape index (κ2) is 6.90. The Labute approximate surface area is 99.5 Å². The maximum Gasteiger partial charge on any atom is 0.329 e. The predicted molar refractivity (Wildman–Crippen MR) is 65.0 cm³/mol. The molecule has 0 unspecified atom stereocenters. The highest BCUT2D eigenvalue weighted by Gasteiger charge is 2.20. The van der Waals surface area contributed by atoms with E-state index in [-0.39, 0.29) is 0 Å². The molecule has 94 valence electrons. The molecule has 0 atom stereocenters. The first kappa shape index (κ1) is 12.8. The van der Waals surface area contributed by atoms with Gasteiger partial charge in [0, 0.05) is 0 Å². The van der Waals surface area contributed by atoms with Crippen molar-refractivity contribution in [2.24, 2.45) is 11.8 Å². The van der Waals surface area contributed by atoms with Crippen LogP contribution in [-0.4, -0.2) is 18.1 Å². The van der Waals surface area contributed by atoms with Gasteiger partial charge in [-0.2, -0.15) is 0 Å². The minimum Gasteiger partial charge on any atom is -0.328 e. The smallest absolute Gasteiger partial charge is 0.328 e. The fourth-order valence-electron chi connectivity index (χ4n) is 2.73. The molecule has 0 bridgehead atoms. The lowest BCUT2D eigenvalue weighted by atomic mass is 10.1. The summed E-state index contributed by atoms with van der Waals surface area (Å²) in [7, 11) is -1.61. The quantitative estimate of drug-likeness (QED) is 0.727. The highest BCUT2D eigenvalue weighted by Crippen LogP contribution is 2.38. The molecule has 0 heterocycles. The van der Waals surface area contributed by atoms with Gasteiger partial charge in [-0.15, -0.1) is 0 Å². The lowest BCUT2D eigenvalue weighted by Gasteiger charge is -2.15. The first-order valence-corrected chi connectivity index (χ1v) is 7.72. The molecular formula is C12H23O3P. The largest absolute Gasteiger partial charge is 0.329 e. The van der Waals surface area contributed by atoms with Gasteiger partial charge < -0.3 is 13.9 Å². The van der Waals surface area contributed by atoms with Crippen LogP contribution in [0.3, 0.4) is 0 Å². The van der Waals surface area contributed by atoms with Gasteiger partial charge in [-0.25, -0.2) is 0 Å². The fourth-order valence-corrected chi connectivity index (χ4v) is 3.48. The van der Waals surface area contributed by atoms with Crippen LogP contribution in [0.5, 0.6) is 0 Å². The molecule has 2 aliphatic rings. The average molecular weight is 246 g/mol. The zero-order chi connectivity index (χ0) is 11.2. The third-order valence-corrected chi connectivity index (χ3v) is 4.53. The highest BCUT2D eigenvalue weighted by molar-refractivity contribution is 7.40. The molecule has 16 heavy (non-hydrogen) atoms. The minimum absolute atomic E-state index is 0.659. The summed E-state index contributed by atoms with van der Waals surface area (Å²) in [5.41, 5.74) is 0. The SMILES string of the molecule is OP(OCC1CCCC1)OCC1CCCC1. The van der Waals surface area contributed by atoms with E-state index in [1.807, 2.05) is 0 Å². The molecular weight excluding hydrogens is 223 g/mol. The Morgan fingerprint density at radius 2 is 1.19 bits per heavy atom. The van der Waals surface area contributed by atoms with Gasteiger partial charge in [-0.1, -0.05) is 25.7 Å². The van der Waals surface area contributed by atoms with Crippen LogP contribution in [-0.2, 0) is 9.05 Å². The molecule has 4 heteroatoms. The van der Waals surface area contributed by atoms with Crippen molar-refractivity contribution >= 4 is 8.60 Å². The summed E-state index contributed by atoms with van der Waals surface area (Å²) < 4.78 is 10.8. The molecule has 0 aromatic heterocycles. The summed E-state index contributed by atoms with van der Waals surface area (Å²) in [6.45, 7) is 1.37. The lowest BCUT2D eigenvalue weighted by molar-refractivity contribution is 0.158. The van der Waals surface area contributed by atoms with Crippen LogP contribution in [0, 0.1) is 11.8 Å². The maximum absolute atomic E-state index is 9.59. The van der Waals surface area contributed by atoms with E-state index in [9.17, 15) is 4.89 Å². The van der Waals surface area contributed by atoms with Crippen LogP contribution in [0.1, 0.15) is 51.4 Å². The van der Waals surface area contributed by atoms with Crippen LogP contribution in [0.4, 0.5) is 0 Å². The molecule has 3 nitrogen and oxygen atoms in total. The molecule has 0 spiro atoms. The van der Waals surface area contributed by atoms with E-state index in [4.69, 9.17) is 9.05 Å². The zero-order valence-electron chi connectivity index (χ0n) is 9.94. The van der Waals surface area contributed by atoms with Crippen molar-refractivity contribution in [3.8, 4) is 0 Å². The van der Waals surface area contributed by atoms with Gasteiger partial charge in [0.05, 0.1) is 13.2 Å². The summed E-state index contributed by atoms with van der Waals surface area (Å²) in [4.78, 5) is 9.59. The lowest BCUT2D eigenvalue weighted by Crippen LogP contribution is -2.06. The molecule has 2 aliphatic carbocycles. The molecule has 0 aromatic rings. The Kier molecular flexibility index (Phi) is 5.51. The van der Waals surface area contributed by atoms with Crippen LogP contribution >= 0.6 is 8.60 Å². The number of hydrogen-bond donors (Lipinski definition) is 1. The van der Waals surface area contributed by atoms with E-state index in [1.54, 1.807) is 0 Å². The van der Waals surface area contributed by atoms with Gasteiger partial charge in [0.1, 0.15) is 0 Å². The Morgan fingerprint density at radius 1 is 0.812 bits per heavy atom. The Morgan fingerprint density at radius 3 is 1.56 bits per heavy atom.